The lowest BCUT2D eigenvalue weighted by molar-refractivity contribution is 1.18. The normalized spacial score (nSPS) is 11.3. The summed E-state index contributed by atoms with van der Waals surface area (Å²) in [5, 5.41) is 5.83. The van der Waals surface area contributed by atoms with Crippen molar-refractivity contribution >= 4 is 32.4 Å². The smallest absolute Gasteiger partial charge is 0.160 e. The van der Waals surface area contributed by atoms with Gasteiger partial charge in [0.25, 0.3) is 0 Å². The number of hydrogen-bond donors (Lipinski definition) is 0. The van der Waals surface area contributed by atoms with Gasteiger partial charge in [0, 0.05) is 27.6 Å². The fourth-order valence-corrected chi connectivity index (χ4v) is 9.39. The predicted octanol–water partition coefficient (Wildman–Crippen LogP) is 16.7. The van der Waals surface area contributed by atoms with E-state index in [0.29, 0.717) is 5.82 Å². The van der Waals surface area contributed by atoms with Crippen molar-refractivity contribution in [2.45, 2.75) is 0 Å². The third-order valence-corrected chi connectivity index (χ3v) is 12.7. The van der Waals surface area contributed by atoms with Crippen LogP contribution >= 0.6 is 0 Å². The van der Waals surface area contributed by atoms with Crippen LogP contribution in [0.1, 0.15) is 0 Å². The highest BCUT2D eigenvalue weighted by molar-refractivity contribution is 6.14. The summed E-state index contributed by atoms with van der Waals surface area (Å²) < 4.78 is 0. The lowest BCUT2D eigenvalue weighted by Crippen LogP contribution is -1.97. The van der Waals surface area contributed by atoms with Gasteiger partial charge in [-0.3, -0.25) is 0 Å². The van der Waals surface area contributed by atoms with E-state index in [2.05, 4.69) is 243 Å². The number of hydrogen-bond acceptors (Lipinski definition) is 3. The fraction of sp³-hybridized carbons (Fsp3) is 0. The molecule has 12 aromatic rings. The molecule has 12 rings (SSSR count). The zero-order valence-electron chi connectivity index (χ0n) is 36.0. The van der Waals surface area contributed by atoms with Gasteiger partial charge < -0.3 is 0 Å². The Hall–Kier alpha value is -8.79. The molecule has 308 valence electrons. The molecule has 0 spiro atoms. The predicted molar refractivity (Wildman–Crippen MR) is 276 cm³/mol. The van der Waals surface area contributed by atoms with Crippen molar-refractivity contribution < 1.29 is 0 Å². The van der Waals surface area contributed by atoms with Gasteiger partial charge in [0.15, 0.2) is 5.82 Å². The third kappa shape index (κ3) is 7.29. The Morgan fingerprint density at radius 3 is 1.35 bits per heavy atom. The van der Waals surface area contributed by atoms with Crippen molar-refractivity contribution in [3.05, 3.63) is 249 Å². The minimum Gasteiger partial charge on any atom is -0.248 e. The van der Waals surface area contributed by atoms with Crippen molar-refractivity contribution in [2.24, 2.45) is 0 Å². The Kier molecular flexibility index (Phi) is 9.85. The summed E-state index contributed by atoms with van der Waals surface area (Å²) in [6, 6.07) is 88.3. The Bertz CT molecular complexity index is 3610. The van der Waals surface area contributed by atoms with E-state index in [1.807, 2.05) is 6.07 Å². The standard InChI is InChI=1S/C63H41N3/c1-4-15-42(16-5-1)44-27-31-48(32-28-44)60-41-61(66-63(65-60)49-33-29-45(30-34-49)43-17-6-2-7-18-43)56-37-36-52(54-25-12-13-26-55(54)56)50-22-14-23-51(39-50)57-40-59(47-20-8-3-9-21-47)64-58-38-35-46-19-10-11-24-53(46)62(57)58/h1-41H. The molecule has 2 heterocycles. The van der Waals surface area contributed by atoms with Crippen molar-refractivity contribution in [1.29, 1.82) is 0 Å². The van der Waals surface area contributed by atoms with Gasteiger partial charge >= 0.3 is 0 Å². The highest BCUT2D eigenvalue weighted by atomic mass is 14.9. The first kappa shape index (κ1) is 38.9. The lowest BCUT2D eigenvalue weighted by Gasteiger charge is -2.16. The third-order valence-electron chi connectivity index (χ3n) is 12.7. The molecule has 2 aromatic heterocycles. The van der Waals surface area contributed by atoms with Crippen molar-refractivity contribution in [2.75, 3.05) is 0 Å². The highest BCUT2D eigenvalue weighted by Gasteiger charge is 2.18. The topological polar surface area (TPSA) is 38.7 Å². The SMILES string of the molecule is c1ccc(-c2ccc(-c3cc(-c4ccc(-c5cccc(-c6cc(-c7ccccc7)nc7ccc8ccccc8c67)c5)c5ccccc45)nc(-c4ccc(-c5ccccc5)cc4)n3)cc2)cc1. The Balaban J connectivity index is 0.991. The largest absolute Gasteiger partial charge is 0.248 e. The van der Waals surface area contributed by atoms with Crippen LogP contribution in [0.2, 0.25) is 0 Å². The maximum absolute atomic E-state index is 5.34. The number of rotatable bonds is 8. The monoisotopic (exact) mass is 839 g/mol. The van der Waals surface area contributed by atoms with Crippen LogP contribution in [0.3, 0.4) is 0 Å². The van der Waals surface area contributed by atoms with E-state index in [0.717, 1.165) is 94.4 Å². The molecule has 0 aliphatic carbocycles. The second kappa shape index (κ2) is 16.7. The number of pyridine rings is 1. The quantitative estimate of drug-likeness (QED) is 0.143. The van der Waals surface area contributed by atoms with E-state index in [4.69, 9.17) is 15.0 Å². The summed E-state index contributed by atoms with van der Waals surface area (Å²) in [7, 11) is 0. The van der Waals surface area contributed by atoms with Gasteiger partial charge in [-0.25, -0.2) is 15.0 Å². The van der Waals surface area contributed by atoms with Crippen LogP contribution in [0.15, 0.2) is 249 Å². The maximum Gasteiger partial charge on any atom is 0.160 e. The molecule has 0 N–H and O–H groups in total. The molecule has 0 aliphatic heterocycles. The van der Waals surface area contributed by atoms with Gasteiger partial charge in [0.2, 0.25) is 0 Å². The van der Waals surface area contributed by atoms with E-state index in [-0.39, 0.29) is 0 Å². The molecule has 0 bridgehead atoms. The molecule has 66 heavy (non-hydrogen) atoms. The van der Waals surface area contributed by atoms with Crippen LogP contribution in [0.4, 0.5) is 0 Å². The van der Waals surface area contributed by atoms with E-state index in [1.165, 1.54) is 21.9 Å². The first-order valence-corrected chi connectivity index (χ1v) is 22.4. The van der Waals surface area contributed by atoms with E-state index < -0.39 is 0 Å². The van der Waals surface area contributed by atoms with Gasteiger partial charge in [-0.2, -0.15) is 0 Å². The summed E-state index contributed by atoms with van der Waals surface area (Å²) >= 11 is 0. The minimum atomic E-state index is 0.682. The Morgan fingerprint density at radius 2 is 0.682 bits per heavy atom. The van der Waals surface area contributed by atoms with Crippen LogP contribution in [0.25, 0.3) is 122 Å². The van der Waals surface area contributed by atoms with Crippen LogP contribution < -0.4 is 0 Å². The highest BCUT2D eigenvalue weighted by Crippen LogP contribution is 2.41. The van der Waals surface area contributed by atoms with Gasteiger partial charge in [-0.05, 0) is 90.3 Å². The molecule has 0 fully saturated rings. The van der Waals surface area contributed by atoms with Crippen LogP contribution in [-0.4, -0.2) is 15.0 Å². The van der Waals surface area contributed by atoms with Crippen molar-refractivity contribution in [3.8, 4) is 89.7 Å². The Labute approximate surface area is 384 Å². The molecule has 0 saturated heterocycles. The average molecular weight is 840 g/mol. The maximum atomic E-state index is 5.34. The molecule has 0 radical (unpaired) electrons. The van der Waals surface area contributed by atoms with Gasteiger partial charge in [0.1, 0.15) is 0 Å². The number of nitrogens with zero attached hydrogens (tertiary/aromatic N) is 3. The molecule has 0 atom stereocenters. The first-order valence-electron chi connectivity index (χ1n) is 22.4. The second-order valence-electron chi connectivity index (χ2n) is 16.7. The lowest BCUT2D eigenvalue weighted by atomic mass is 9.90. The van der Waals surface area contributed by atoms with E-state index in [9.17, 15) is 0 Å². The summed E-state index contributed by atoms with van der Waals surface area (Å²) in [4.78, 5) is 15.8. The van der Waals surface area contributed by atoms with Gasteiger partial charge in [0.05, 0.1) is 22.6 Å². The van der Waals surface area contributed by atoms with E-state index >= 15 is 0 Å². The molecule has 10 aromatic carbocycles. The molecule has 3 heteroatoms. The second-order valence-corrected chi connectivity index (χ2v) is 16.7. The first-order chi connectivity index (χ1) is 32.7. The van der Waals surface area contributed by atoms with Gasteiger partial charge in [-0.15, -0.1) is 0 Å². The van der Waals surface area contributed by atoms with Gasteiger partial charge in [-0.1, -0.05) is 224 Å². The van der Waals surface area contributed by atoms with Crippen LogP contribution in [0, 0.1) is 0 Å². The zero-order valence-corrected chi connectivity index (χ0v) is 36.0. The van der Waals surface area contributed by atoms with Crippen molar-refractivity contribution in [1.82, 2.24) is 15.0 Å². The summed E-state index contributed by atoms with van der Waals surface area (Å²) in [5.41, 5.74) is 17.1. The molecule has 0 amide bonds. The number of aromatic nitrogens is 3. The zero-order chi connectivity index (χ0) is 43.8. The Morgan fingerprint density at radius 1 is 0.227 bits per heavy atom. The summed E-state index contributed by atoms with van der Waals surface area (Å²) in [6.45, 7) is 0. The minimum absolute atomic E-state index is 0.682. The van der Waals surface area contributed by atoms with E-state index in [1.54, 1.807) is 0 Å². The number of fused-ring (bicyclic) bond motifs is 4. The van der Waals surface area contributed by atoms with Crippen molar-refractivity contribution in [3.63, 3.8) is 0 Å². The molecule has 0 unspecified atom stereocenters. The summed E-state index contributed by atoms with van der Waals surface area (Å²) in [6.07, 6.45) is 0. The van der Waals surface area contributed by atoms with Crippen LogP contribution in [0.5, 0.6) is 0 Å². The average Bonchev–Trinajstić information content (AvgIpc) is 3.41. The molecular formula is C63H41N3. The molecule has 0 aliphatic rings. The van der Waals surface area contributed by atoms with Crippen LogP contribution in [-0.2, 0) is 0 Å². The number of benzene rings is 10. The molecule has 0 saturated carbocycles. The fourth-order valence-electron chi connectivity index (χ4n) is 9.39. The molecule has 3 nitrogen and oxygen atoms in total. The summed E-state index contributed by atoms with van der Waals surface area (Å²) in [5.74, 6) is 0.682. The molecular weight excluding hydrogens is 799 g/mol.